The Morgan fingerprint density at radius 1 is 1.67 bits per heavy atom. The van der Waals surface area contributed by atoms with E-state index in [2.05, 4.69) is 5.32 Å². The Hall–Kier alpha value is -2.09. The maximum absolute atomic E-state index is 13.2. The molecule has 0 aliphatic heterocycles. The van der Waals surface area contributed by atoms with Crippen molar-refractivity contribution in [3.8, 4) is 11.8 Å². The van der Waals surface area contributed by atoms with Crippen LogP contribution in [0.5, 0.6) is 5.75 Å². The first kappa shape index (κ1) is 11.0. The third-order valence-corrected chi connectivity index (χ3v) is 1.77. The highest BCUT2D eigenvalue weighted by Crippen LogP contribution is 2.17. The standard InChI is InChI=1S/C10H9FN2O2/c1-15-9-3-2-7(4-8(9)11)6-13-10(14)5-12/h2-4H,6H2,1H3,(H,13,14). The fraction of sp³-hybridized carbons (Fsp3) is 0.200. The molecular formula is C10H9FN2O2. The van der Waals surface area contributed by atoms with Gasteiger partial charge in [-0.3, -0.25) is 4.79 Å². The molecule has 1 N–H and O–H groups in total. The fourth-order valence-electron chi connectivity index (χ4n) is 1.04. The second kappa shape index (κ2) is 4.96. The van der Waals surface area contributed by atoms with Crippen molar-refractivity contribution in [3.05, 3.63) is 29.6 Å². The molecule has 1 amide bonds. The summed E-state index contributed by atoms with van der Waals surface area (Å²) in [5, 5.41) is 10.5. The first-order valence-corrected chi connectivity index (χ1v) is 4.17. The number of nitrogens with one attached hydrogen (secondary N) is 1. The van der Waals surface area contributed by atoms with Crippen LogP contribution in [0.25, 0.3) is 0 Å². The molecule has 0 atom stereocenters. The van der Waals surface area contributed by atoms with Crippen LogP contribution < -0.4 is 10.1 Å². The van der Waals surface area contributed by atoms with Gasteiger partial charge in [-0.25, -0.2) is 4.39 Å². The molecule has 78 valence electrons. The van der Waals surface area contributed by atoms with Gasteiger partial charge in [-0.1, -0.05) is 6.07 Å². The molecule has 0 saturated heterocycles. The first-order valence-electron chi connectivity index (χ1n) is 4.17. The highest BCUT2D eigenvalue weighted by atomic mass is 19.1. The van der Waals surface area contributed by atoms with Crippen LogP contribution in [-0.2, 0) is 11.3 Å². The van der Waals surface area contributed by atoms with E-state index in [0.717, 1.165) is 0 Å². The molecule has 1 rings (SSSR count). The summed E-state index contributed by atoms with van der Waals surface area (Å²) in [6, 6.07) is 5.72. The zero-order valence-corrected chi connectivity index (χ0v) is 8.08. The van der Waals surface area contributed by atoms with Crippen LogP contribution in [0, 0.1) is 17.1 Å². The number of carbonyl (C=O) groups is 1. The Kier molecular flexibility index (Phi) is 3.63. The van der Waals surface area contributed by atoms with Gasteiger partial charge in [0.1, 0.15) is 0 Å². The number of carbonyl (C=O) groups excluding carboxylic acids is 1. The lowest BCUT2D eigenvalue weighted by atomic mass is 10.2. The van der Waals surface area contributed by atoms with Gasteiger partial charge in [0.2, 0.25) is 0 Å². The minimum absolute atomic E-state index is 0.118. The smallest absolute Gasteiger partial charge is 0.322 e. The molecule has 0 aliphatic carbocycles. The molecule has 0 radical (unpaired) electrons. The third-order valence-electron chi connectivity index (χ3n) is 1.77. The molecule has 0 heterocycles. The summed E-state index contributed by atoms with van der Waals surface area (Å²) in [6.45, 7) is 0.118. The van der Waals surface area contributed by atoms with Crippen LogP contribution in [-0.4, -0.2) is 13.0 Å². The van der Waals surface area contributed by atoms with Crippen LogP contribution in [0.3, 0.4) is 0 Å². The third kappa shape index (κ3) is 2.95. The van der Waals surface area contributed by atoms with Crippen LogP contribution >= 0.6 is 0 Å². The van der Waals surface area contributed by atoms with Gasteiger partial charge in [-0.2, -0.15) is 5.26 Å². The summed E-state index contributed by atoms with van der Waals surface area (Å²) in [6.07, 6.45) is 0. The largest absolute Gasteiger partial charge is 0.494 e. The predicted molar refractivity (Wildman–Crippen MR) is 50.4 cm³/mol. The van der Waals surface area contributed by atoms with E-state index in [4.69, 9.17) is 10.00 Å². The van der Waals surface area contributed by atoms with Crippen molar-refractivity contribution in [2.45, 2.75) is 6.54 Å². The molecule has 5 heteroatoms. The maximum atomic E-state index is 13.2. The topological polar surface area (TPSA) is 62.1 Å². The van der Waals surface area contributed by atoms with Crippen molar-refractivity contribution < 1.29 is 13.9 Å². The number of halogens is 1. The minimum atomic E-state index is -0.744. The van der Waals surface area contributed by atoms with E-state index in [0.29, 0.717) is 5.56 Å². The second-order valence-corrected chi connectivity index (χ2v) is 2.76. The molecule has 0 aliphatic rings. The zero-order valence-electron chi connectivity index (χ0n) is 8.08. The maximum Gasteiger partial charge on any atom is 0.322 e. The summed E-state index contributed by atoms with van der Waals surface area (Å²) in [5.74, 6) is -1.10. The lowest BCUT2D eigenvalue weighted by molar-refractivity contribution is -0.116. The van der Waals surface area contributed by atoms with Crippen LogP contribution in [0.1, 0.15) is 5.56 Å². The Balaban J connectivity index is 2.68. The van der Waals surface area contributed by atoms with Gasteiger partial charge < -0.3 is 10.1 Å². The van der Waals surface area contributed by atoms with Gasteiger partial charge in [-0.15, -0.1) is 0 Å². The average Bonchev–Trinajstić information content (AvgIpc) is 2.26. The van der Waals surface area contributed by atoms with E-state index < -0.39 is 11.7 Å². The summed E-state index contributed by atoms with van der Waals surface area (Å²) in [4.78, 5) is 10.6. The lowest BCUT2D eigenvalue weighted by Crippen LogP contribution is -2.20. The number of hydrogen-bond acceptors (Lipinski definition) is 3. The number of benzene rings is 1. The molecule has 0 saturated carbocycles. The van der Waals surface area contributed by atoms with E-state index in [1.807, 2.05) is 0 Å². The number of amides is 1. The van der Waals surface area contributed by atoms with Crippen molar-refractivity contribution in [2.24, 2.45) is 0 Å². The van der Waals surface area contributed by atoms with Gasteiger partial charge >= 0.3 is 5.91 Å². The molecule has 0 unspecified atom stereocenters. The molecular weight excluding hydrogens is 199 g/mol. The fourth-order valence-corrected chi connectivity index (χ4v) is 1.04. The summed E-state index contributed by atoms with van der Waals surface area (Å²) >= 11 is 0. The van der Waals surface area contributed by atoms with Crippen molar-refractivity contribution >= 4 is 5.91 Å². The molecule has 4 nitrogen and oxygen atoms in total. The van der Waals surface area contributed by atoms with Gasteiger partial charge in [0.15, 0.2) is 17.6 Å². The number of hydrogen-bond donors (Lipinski definition) is 1. The van der Waals surface area contributed by atoms with Crippen LogP contribution in [0.15, 0.2) is 18.2 Å². The lowest BCUT2D eigenvalue weighted by Gasteiger charge is -2.04. The van der Waals surface area contributed by atoms with Crippen molar-refractivity contribution in [1.29, 1.82) is 5.26 Å². The SMILES string of the molecule is COc1ccc(CNC(=O)C#N)cc1F. The molecule has 1 aromatic rings. The van der Waals surface area contributed by atoms with Gasteiger partial charge in [0.05, 0.1) is 7.11 Å². The van der Waals surface area contributed by atoms with Crippen molar-refractivity contribution in [3.63, 3.8) is 0 Å². The molecule has 0 spiro atoms. The summed E-state index contributed by atoms with van der Waals surface area (Å²) < 4.78 is 17.9. The highest BCUT2D eigenvalue weighted by molar-refractivity contribution is 5.91. The van der Waals surface area contributed by atoms with E-state index in [9.17, 15) is 9.18 Å². The van der Waals surface area contributed by atoms with Crippen molar-refractivity contribution in [1.82, 2.24) is 5.32 Å². The second-order valence-electron chi connectivity index (χ2n) is 2.76. The minimum Gasteiger partial charge on any atom is -0.494 e. The Bertz CT molecular complexity index is 412. The number of ether oxygens (including phenoxy) is 1. The van der Waals surface area contributed by atoms with Gasteiger partial charge in [0.25, 0.3) is 0 Å². The van der Waals surface area contributed by atoms with Crippen molar-refractivity contribution in [2.75, 3.05) is 7.11 Å². The van der Waals surface area contributed by atoms with E-state index in [1.165, 1.54) is 25.3 Å². The predicted octanol–water partition coefficient (Wildman–Crippen LogP) is 0.974. The van der Waals surface area contributed by atoms with Crippen LogP contribution in [0.4, 0.5) is 4.39 Å². The average molecular weight is 208 g/mol. The molecule has 0 bridgehead atoms. The Labute approximate surface area is 86.3 Å². The quantitative estimate of drug-likeness (QED) is 0.753. The van der Waals surface area contributed by atoms with Crippen LogP contribution in [0.2, 0.25) is 0 Å². The molecule has 15 heavy (non-hydrogen) atoms. The van der Waals surface area contributed by atoms with E-state index in [1.54, 1.807) is 6.07 Å². The summed E-state index contributed by atoms with van der Waals surface area (Å²) in [5.41, 5.74) is 0.567. The first-order chi connectivity index (χ1) is 7.17. The zero-order chi connectivity index (χ0) is 11.3. The Morgan fingerprint density at radius 3 is 2.93 bits per heavy atom. The van der Waals surface area contributed by atoms with Gasteiger partial charge in [0, 0.05) is 6.54 Å². The molecule has 1 aromatic carbocycles. The Morgan fingerprint density at radius 2 is 2.40 bits per heavy atom. The summed E-state index contributed by atoms with van der Waals surface area (Å²) in [7, 11) is 1.37. The van der Waals surface area contributed by atoms with E-state index >= 15 is 0 Å². The number of nitrogens with zero attached hydrogens (tertiary/aromatic N) is 1. The number of rotatable bonds is 3. The highest BCUT2D eigenvalue weighted by Gasteiger charge is 2.04. The number of methoxy groups -OCH3 is 1. The normalized spacial score (nSPS) is 9.13. The van der Waals surface area contributed by atoms with E-state index in [-0.39, 0.29) is 12.3 Å². The monoisotopic (exact) mass is 208 g/mol. The number of nitriles is 1. The molecule has 0 aromatic heterocycles. The molecule has 0 fully saturated rings. The van der Waals surface area contributed by atoms with Gasteiger partial charge in [-0.05, 0) is 17.7 Å².